The number of amides is 2. The standard InChI is InChI=1S/C16H15ClF3N3O2S/c17-11-8-10(16(18,19)20)6-9(7-12-14(24)22-15(25)26-12)13(11)23-4-1-2-21-3-5-23/h6-8,21H,1-5H2,(H,22,24,25)/b12-7-. The third kappa shape index (κ3) is 4.16. The summed E-state index contributed by atoms with van der Waals surface area (Å²) in [6.45, 7) is 2.66. The Hall–Kier alpha value is -1.71. The Bertz CT molecular complexity index is 775. The number of alkyl halides is 3. The van der Waals surface area contributed by atoms with Crippen LogP contribution in [0.4, 0.5) is 23.7 Å². The molecule has 0 radical (unpaired) electrons. The van der Waals surface area contributed by atoms with Crippen molar-refractivity contribution in [3.05, 3.63) is 33.2 Å². The first kappa shape index (κ1) is 19.1. The number of halogens is 4. The van der Waals surface area contributed by atoms with E-state index in [1.54, 1.807) is 0 Å². The number of hydrogen-bond donors (Lipinski definition) is 2. The fraction of sp³-hybridized carbons (Fsp3) is 0.375. The molecule has 1 aromatic rings. The molecule has 5 nitrogen and oxygen atoms in total. The second kappa shape index (κ2) is 7.50. The predicted octanol–water partition coefficient (Wildman–Crippen LogP) is 3.48. The summed E-state index contributed by atoms with van der Waals surface area (Å²) < 4.78 is 39.6. The van der Waals surface area contributed by atoms with Crippen molar-refractivity contribution in [2.45, 2.75) is 12.6 Å². The lowest BCUT2D eigenvalue weighted by atomic mass is 10.1. The monoisotopic (exact) mass is 405 g/mol. The highest BCUT2D eigenvalue weighted by molar-refractivity contribution is 8.18. The topological polar surface area (TPSA) is 61.4 Å². The molecule has 2 saturated heterocycles. The van der Waals surface area contributed by atoms with Gasteiger partial charge in [0.25, 0.3) is 11.1 Å². The zero-order valence-electron chi connectivity index (χ0n) is 13.5. The van der Waals surface area contributed by atoms with E-state index in [1.807, 2.05) is 4.90 Å². The van der Waals surface area contributed by atoms with E-state index < -0.39 is 22.9 Å². The molecule has 0 atom stereocenters. The Labute approximate surface area is 156 Å². The molecule has 0 bridgehead atoms. The van der Waals surface area contributed by atoms with Crippen LogP contribution in [-0.2, 0) is 11.0 Å². The van der Waals surface area contributed by atoms with E-state index in [4.69, 9.17) is 11.6 Å². The fourth-order valence-corrected chi connectivity index (χ4v) is 3.88. The van der Waals surface area contributed by atoms with Crippen molar-refractivity contribution in [2.24, 2.45) is 0 Å². The molecule has 0 spiro atoms. The molecule has 26 heavy (non-hydrogen) atoms. The van der Waals surface area contributed by atoms with Gasteiger partial charge in [-0.2, -0.15) is 13.2 Å². The Morgan fingerprint density at radius 3 is 2.62 bits per heavy atom. The maximum absolute atomic E-state index is 13.2. The zero-order chi connectivity index (χ0) is 18.9. The molecule has 2 fully saturated rings. The van der Waals surface area contributed by atoms with Gasteiger partial charge in [0.2, 0.25) is 0 Å². The number of thioether (sulfide) groups is 1. The first-order valence-electron chi connectivity index (χ1n) is 7.87. The van der Waals surface area contributed by atoms with Crippen LogP contribution in [0.1, 0.15) is 17.5 Å². The van der Waals surface area contributed by atoms with E-state index in [0.717, 1.165) is 25.1 Å². The highest BCUT2D eigenvalue weighted by atomic mass is 35.5. The largest absolute Gasteiger partial charge is 0.416 e. The number of nitrogens with zero attached hydrogens (tertiary/aromatic N) is 1. The summed E-state index contributed by atoms with van der Waals surface area (Å²) in [5.41, 5.74) is -0.302. The number of benzene rings is 1. The second-order valence-electron chi connectivity index (χ2n) is 5.84. The Balaban J connectivity index is 2.11. The third-order valence-electron chi connectivity index (χ3n) is 4.01. The summed E-state index contributed by atoms with van der Waals surface area (Å²) in [5.74, 6) is -0.628. The van der Waals surface area contributed by atoms with Crippen molar-refractivity contribution in [1.29, 1.82) is 0 Å². The number of imide groups is 1. The molecule has 0 saturated carbocycles. The van der Waals surface area contributed by atoms with Gasteiger partial charge < -0.3 is 10.2 Å². The maximum Gasteiger partial charge on any atom is 0.416 e. The number of hydrogen-bond acceptors (Lipinski definition) is 5. The van der Waals surface area contributed by atoms with Crippen LogP contribution in [0.25, 0.3) is 6.08 Å². The minimum Gasteiger partial charge on any atom is -0.369 e. The van der Waals surface area contributed by atoms with E-state index in [-0.39, 0.29) is 15.5 Å². The van der Waals surface area contributed by atoms with E-state index >= 15 is 0 Å². The molecule has 2 amide bonds. The average Bonchev–Trinajstić information content (AvgIpc) is 2.75. The molecule has 2 aliphatic heterocycles. The fourth-order valence-electron chi connectivity index (χ4n) is 2.86. The number of rotatable bonds is 2. The van der Waals surface area contributed by atoms with Crippen LogP contribution in [0, 0.1) is 0 Å². The molecule has 3 rings (SSSR count). The number of anilines is 1. The maximum atomic E-state index is 13.2. The summed E-state index contributed by atoms with van der Waals surface area (Å²) in [7, 11) is 0. The summed E-state index contributed by atoms with van der Waals surface area (Å²) in [5, 5.41) is 4.71. The minimum atomic E-state index is -4.57. The Morgan fingerprint density at radius 2 is 1.96 bits per heavy atom. The summed E-state index contributed by atoms with van der Waals surface area (Å²) in [6, 6.07) is 1.85. The van der Waals surface area contributed by atoms with Gasteiger partial charge in [0.1, 0.15) is 0 Å². The van der Waals surface area contributed by atoms with E-state index in [0.29, 0.717) is 37.1 Å². The van der Waals surface area contributed by atoms with Crippen LogP contribution in [-0.4, -0.2) is 37.3 Å². The molecule has 0 aliphatic carbocycles. The zero-order valence-corrected chi connectivity index (χ0v) is 15.0. The highest BCUT2D eigenvalue weighted by Gasteiger charge is 2.33. The number of carbonyl (C=O) groups excluding carboxylic acids is 2. The van der Waals surface area contributed by atoms with Gasteiger partial charge in [-0.1, -0.05) is 11.6 Å². The second-order valence-corrected chi connectivity index (χ2v) is 7.26. The van der Waals surface area contributed by atoms with E-state index in [1.165, 1.54) is 6.08 Å². The highest BCUT2D eigenvalue weighted by Crippen LogP contribution is 2.40. The molecule has 0 unspecified atom stereocenters. The van der Waals surface area contributed by atoms with Gasteiger partial charge in [0.05, 0.1) is 21.2 Å². The van der Waals surface area contributed by atoms with Gasteiger partial charge in [-0.3, -0.25) is 14.9 Å². The molecule has 1 aromatic carbocycles. The quantitative estimate of drug-likeness (QED) is 0.738. The summed E-state index contributed by atoms with van der Waals surface area (Å²) in [4.78, 5) is 25.1. The first-order valence-corrected chi connectivity index (χ1v) is 9.06. The van der Waals surface area contributed by atoms with Crippen LogP contribution >= 0.6 is 23.4 Å². The normalized spacial score (nSPS) is 20.5. The lowest BCUT2D eigenvalue weighted by Gasteiger charge is -2.26. The lowest BCUT2D eigenvalue weighted by molar-refractivity contribution is -0.137. The van der Waals surface area contributed by atoms with Crippen LogP contribution in [0.2, 0.25) is 5.02 Å². The van der Waals surface area contributed by atoms with Crippen LogP contribution in [0.3, 0.4) is 0 Å². The Morgan fingerprint density at radius 1 is 1.19 bits per heavy atom. The van der Waals surface area contributed by atoms with E-state index in [9.17, 15) is 22.8 Å². The Kier molecular flexibility index (Phi) is 5.50. The predicted molar refractivity (Wildman–Crippen MR) is 95.3 cm³/mol. The van der Waals surface area contributed by atoms with Crippen molar-refractivity contribution in [2.75, 3.05) is 31.1 Å². The average molecular weight is 406 g/mol. The first-order chi connectivity index (χ1) is 12.3. The van der Waals surface area contributed by atoms with E-state index in [2.05, 4.69) is 10.6 Å². The van der Waals surface area contributed by atoms with Gasteiger partial charge in [-0.15, -0.1) is 0 Å². The molecular formula is C16H15ClF3N3O2S. The van der Waals surface area contributed by atoms with Crippen molar-refractivity contribution in [3.8, 4) is 0 Å². The van der Waals surface area contributed by atoms with Crippen LogP contribution < -0.4 is 15.5 Å². The van der Waals surface area contributed by atoms with Gasteiger partial charge in [-0.05, 0) is 42.9 Å². The smallest absolute Gasteiger partial charge is 0.369 e. The molecule has 140 valence electrons. The lowest BCUT2D eigenvalue weighted by Crippen LogP contribution is -2.29. The van der Waals surface area contributed by atoms with Crippen molar-refractivity contribution < 1.29 is 22.8 Å². The van der Waals surface area contributed by atoms with Gasteiger partial charge in [0.15, 0.2) is 0 Å². The molecular weight excluding hydrogens is 391 g/mol. The molecule has 10 heteroatoms. The van der Waals surface area contributed by atoms with Crippen LogP contribution in [0.5, 0.6) is 0 Å². The molecule has 2 aliphatic rings. The van der Waals surface area contributed by atoms with Crippen molar-refractivity contribution in [3.63, 3.8) is 0 Å². The molecule has 2 heterocycles. The molecule has 0 aromatic heterocycles. The van der Waals surface area contributed by atoms with Gasteiger partial charge >= 0.3 is 6.18 Å². The van der Waals surface area contributed by atoms with Crippen molar-refractivity contribution in [1.82, 2.24) is 10.6 Å². The third-order valence-corrected chi connectivity index (χ3v) is 5.10. The SMILES string of the molecule is O=C1NC(=O)/C(=C/c2cc(C(F)(F)F)cc(Cl)c2N2CCCNCC2)S1. The van der Waals surface area contributed by atoms with Crippen LogP contribution in [0.15, 0.2) is 17.0 Å². The minimum absolute atomic E-state index is 0.0386. The van der Waals surface area contributed by atoms with Crippen molar-refractivity contribution >= 4 is 46.3 Å². The van der Waals surface area contributed by atoms with Gasteiger partial charge in [-0.25, -0.2) is 0 Å². The summed E-state index contributed by atoms with van der Waals surface area (Å²) in [6.07, 6.45) is -2.47. The molecule has 2 N–H and O–H groups in total. The number of carbonyl (C=O) groups is 2. The summed E-state index contributed by atoms with van der Waals surface area (Å²) >= 11 is 6.87. The van der Waals surface area contributed by atoms with Gasteiger partial charge in [0, 0.05) is 25.2 Å². The number of nitrogens with one attached hydrogen (secondary N) is 2.